The first-order valence-corrected chi connectivity index (χ1v) is 6.66. The molecule has 0 saturated heterocycles. The van der Waals surface area contributed by atoms with Crippen molar-refractivity contribution < 1.29 is 19.0 Å². The normalized spacial score (nSPS) is 10.0. The van der Waals surface area contributed by atoms with E-state index in [9.17, 15) is 4.79 Å². The van der Waals surface area contributed by atoms with Gasteiger partial charge in [-0.3, -0.25) is 4.79 Å². The van der Waals surface area contributed by atoms with Gasteiger partial charge in [0.2, 0.25) is 5.78 Å². The predicted octanol–water partition coefficient (Wildman–Crippen LogP) is 3.62. The molecule has 21 heavy (non-hydrogen) atoms. The van der Waals surface area contributed by atoms with Gasteiger partial charge in [0.1, 0.15) is 5.75 Å². The third kappa shape index (κ3) is 3.67. The molecule has 0 radical (unpaired) electrons. The fourth-order valence-electron chi connectivity index (χ4n) is 1.82. The van der Waals surface area contributed by atoms with Gasteiger partial charge in [-0.05, 0) is 24.3 Å². The number of rotatable bonds is 6. The number of ketones is 1. The molecule has 0 aromatic heterocycles. The first kappa shape index (κ1) is 15.2. The number of methoxy groups -OCH3 is 2. The molecule has 0 heterocycles. The van der Waals surface area contributed by atoms with Crippen LogP contribution in [0.3, 0.4) is 0 Å². The Morgan fingerprint density at radius 2 is 1.76 bits per heavy atom. The average molecular weight is 307 g/mol. The van der Waals surface area contributed by atoms with E-state index < -0.39 is 0 Å². The Morgan fingerprint density at radius 3 is 2.43 bits per heavy atom. The summed E-state index contributed by atoms with van der Waals surface area (Å²) in [5, 5.41) is 0.415. The summed E-state index contributed by atoms with van der Waals surface area (Å²) in [6, 6.07) is 12.0. The highest BCUT2D eigenvalue weighted by atomic mass is 35.5. The molecule has 2 rings (SSSR count). The number of carbonyl (C=O) groups is 1. The van der Waals surface area contributed by atoms with Crippen LogP contribution in [-0.2, 0) is 0 Å². The van der Waals surface area contributed by atoms with Crippen LogP contribution in [0.2, 0.25) is 5.02 Å². The molecule has 0 aliphatic rings. The standard InChI is InChI=1S/C16H15ClO4/c1-19-15-8-7-11(9-16(15)20-2)21-10-14(18)12-5-3-4-6-13(12)17/h3-9H,10H2,1-2H3. The maximum atomic E-state index is 12.1. The Bertz CT molecular complexity index is 640. The van der Waals surface area contributed by atoms with E-state index in [0.29, 0.717) is 27.8 Å². The quantitative estimate of drug-likeness (QED) is 0.765. The van der Waals surface area contributed by atoms with Crippen LogP contribution in [0.1, 0.15) is 10.4 Å². The monoisotopic (exact) mass is 306 g/mol. The maximum absolute atomic E-state index is 12.1. The van der Waals surface area contributed by atoms with Crippen molar-refractivity contribution in [1.82, 2.24) is 0 Å². The predicted molar refractivity (Wildman–Crippen MR) is 80.8 cm³/mol. The van der Waals surface area contributed by atoms with E-state index >= 15 is 0 Å². The molecule has 0 atom stereocenters. The van der Waals surface area contributed by atoms with Crippen molar-refractivity contribution >= 4 is 17.4 Å². The zero-order chi connectivity index (χ0) is 15.2. The van der Waals surface area contributed by atoms with Gasteiger partial charge in [-0.25, -0.2) is 0 Å². The van der Waals surface area contributed by atoms with Gasteiger partial charge in [-0.1, -0.05) is 23.7 Å². The summed E-state index contributed by atoms with van der Waals surface area (Å²) in [6.07, 6.45) is 0. The van der Waals surface area contributed by atoms with E-state index in [-0.39, 0.29) is 12.4 Å². The van der Waals surface area contributed by atoms with Gasteiger partial charge in [-0.2, -0.15) is 0 Å². The number of benzene rings is 2. The molecule has 110 valence electrons. The van der Waals surface area contributed by atoms with Crippen molar-refractivity contribution in [3.8, 4) is 17.2 Å². The summed E-state index contributed by atoms with van der Waals surface area (Å²) < 4.78 is 15.8. The Labute approximate surface area is 128 Å². The number of hydrogen-bond donors (Lipinski definition) is 0. The van der Waals surface area contributed by atoms with Crippen molar-refractivity contribution in [2.75, 3.05) is 20.8 Å². The lowest BCUT2D eigenvalue weighted by atomic mass is 10.1. The number of carbonyl (C=O) groups excluding carboxylic acids is 1. The van der Waals surface area contributed by atoms with Gasteiger partial charge in [-0.15, -0.1) is 0 Å². The SMILES string of the molecule is COc1ccc(OCC(=O)c2ccccc2Cl)cc1OC. The van der Waals surface area contributed by atoms with Crippen LogP contribution >= 0.6 is 11.6 Å². The molecular formula is C16H15ClO4. The van der Waals surface area contributed by atoms with Crippen LogP contribution in [0, 0.1) is 0 Å². The van der Waals surface area contributed by atoms with Crippen molar-refractivity contribution in [1.29, 1.82) is 0 Å². The molecule has 2 aromatic carbocycles. The zero-order valence-electron chi connectivity index (χ0n) is 11.8. The summed E-state index contributed by atoms with van der Waals surface area (Å²) in [5.41, 5.74) is 0.444. The number of hydrogen-bond acceptors (Lipinski definition) is 4. The van der Waals surface area contributed by atoms with Gasteiger partial charge >= 0.3 is 0 Å². The van der Waals surface area contributed by atoms with E-state index in [1.54, 1.807) is 49.6 Å². The van der Waals surface area contributed by atoms with Gasteiger partial charge in [0.15, 0.2) is 18.1 Å². The minimum Gasteiger partial charge on any atom is -0.493 e. The van der Waals surface area contributed by atoms with Crippen LogP contribution in [0.25, 0.3) is 0 Å². The Kier molecular flexibility index (Phi) is 5.06. The van der Waals surface area contributed by atoms with Crippen LogP contribution in [0.15, 0.2) is 42.5 Å². The highest BCUT2D eigenvalue weighted by Gasteiger charge is 2.11. The first-order chi connectivity index (χ1) is 10.2. The van der Waals surface area contributed by atoms with Gasteiger partial charge in [0.05, 0.1) is 19.2 Å². The molecule has 0 fully saturated rings. The lowest BCUT2D eigenvalue weighted by molar-refractivity contribution is 0.0921. The molecular weight excluding hydrogens is 292 g/mol. The van der Waals surface area contributed by atoms with Crippen LogP contribution in [0.5, 0.6) is 17.2 Å². The first-order valence-electron chi connectivity index (χ1n) is 6.28. The second-order valence-electron chi connectivity index (χ2n) is 4.21. The fraction of sp³-hybridized carbons (Fsp3) is 0.188. The summed E-state index contributed by atoms with van der Waals surface area (Å²) >= 11 is 5.98. The minimum absolute atomic E-state index is 0.0980. The average Bonchev–Trinajstić information content (AvgIpc) is 2.52. The molecule has 0 aliphatic heterocycles. The van der Waals surface area contributed by atoms with Crippen LogP contribution in [-0.4, -0.2) is 26.6 Å². The van der Waals surface area contributed by atoms with Gasteiger partial charge in [0, 0.05) is 11.6 Å². The molecule has 0 unspecified atom stereocenters. The summed E-state index contributed by atoms with van der Waals surface area (Å²) in [6.45, 7) is -0.0980. The largest absolute Gasteiger partial charge is 0.493 e. The number of ether oxygens (including phenoxy) is 3. The zero-order valence-corrected chi connectivity index (χ0v) is 12.5. The highest BCUT2D eigenvalue weighted by molar-refractivity contribution is 6.34. The molecule has 0 aliphatic carbocycles. The molecule has 2 aromatic rings. The highest BCUT2D eigenvalue weighted by Crippen LogP contribution is 2.31. The van der Waals surface area contributed by atoms with Gasteiger partial charge in [0.25, 0.3) is 0 Å². The van der Waals surface area contributed by atoms with E-state index in [1.807, 2.05) is 0 Å². The van der Waals surface area contributed by atoms with Crippen molar-refractivity contribution in [3.63, 3.8) is 0 Å². The van der Waals surface area contributed by atoms with Crippen molar-refractivity contribution in [2.24, 2.45) is 0 Å². The van der Waals surface area contributed by atoms with Crippen molar-refractivity contribution in [3.05, 3.63) is 53.1 Å². The summed E-state index contributed by atoms with van der Waals surface area (Å²) in [4.78, 5) is 12.1. The smallest absolute Gasteiger partial charge is 0.201 e. The third-order valence-corrected chi connectivity index (χ3v) is 3.23. The second-order valence-corrected chi connectivity index (χ2v) is 4.62. The molecule has 0 spiro atoms. The summed E-state index contributed by atoms with van der Waals surface area (Å²) in [5.74, 6) is 1.48. The lowest BCUT2D eigenvalue weighted by Crippen LogP contribution is -2.12. The molecule has 0 amide bonds. The van der Waals surface area contributed by atoms with E-state index in [1.165, 1.54) is 7.11 Å². The maximum Gasteiger partial charge on any atom is 0.201 e. The molecule has 4 nitrogen and oxygen atoms in total. The van der Waals surface area contributed by atoms with Crippen LogP contribution < -0.4 is 14.2 Å². The van der Waals surface area contributed by atoms with E-state index in [0.717, 1.165) is 0 Å². The molecule has 5 heteroatoms. The Morgan fingerprint density at radius 1 is 1.05 bits per heavy atom. The van der Waals surface area contributed by atoms with Gasteiger partial charge < -0.3 is 14.2 Å². The number of Topliss-reactive ketones (excluding diaryl/α,β-unsaturated/α-hetero) is 1. The van der Waals surface area contributed by atoms with Crippen LogP contribution in [0.4, 0.5) is 0 Å². The number of halogens is 1. The second kappa shape index (κ2) is 6.99. The lowest BCUT2D eigenvalue weighted by Gasteiger charge is -2.10. The topological polar surface area (TPSA) is 44.8 Å². The minimum atomic E-state index is -0.185. The molecule has 0 bridgehead atoms. The Hall–Kier alpha value is -2.20. The van der Waals surface area contributed by atoms with E-state index in [4.69, 9.17) is 25.8 Å². The molecule has 0 N–H and O–H groups in total. The fourth-order valence-corrected chi connectivity index (χ4v) is 2.06. The van der Waals surface area contributed by atoms with Crippen molar-refractivity contribution in [2.45, 2.75) is 0 Å². The summed E-state index contributed by atoms with van der Waals surface area (Å²) in [7, 11) is 3.09. The third-order valence-electron chi connectivity index (χ3n) is 2.90. The Balaban J connectivity index is 2.06. The molecule has 0 saturated carbocycles. The van der Waals surface area contributed by atoms with E-state index in [2.05, 4.69) is 0 Å².